The number of methoxy groups -OCH3 is 1. The largest absolute Gasteiger partial charge is 0.491 e. The van der Waals surface area contributed by atoms with E-state index in [2.05, 4.69) is 28.4 Å². The summed E-state index contributed by atoms with van der Waals surface area (Å²) in [6.45, 7) is 7.07. The number of nitrogens with zero attached hydrogens (tertiary/aromatic N) is 1. The Morgan fingerprint density at radius 1 is 1.13 bits per heavy atom. The van der Waals surface area contributed by atoms with E-state index in [-0.39, 0.29) is 12.4 Å². The summed E-state index contributed by atoms with van der Waals surface area (Å²) in [6.07, 6.45) is 4.01. The Morgan fingerprint density at radius 3 is 2.70 bits per heavy atom. The fourth-order valence-electron chi connectivity index (χ4n) is 3.78. The number of ether oxygens (including phenoxy) is 2. The van der Waals surface area contributed by atoms with Crippen molar-refractivity contribution in [3.63, 3.8) is 0 Å². The number of hydrogen-bond acceptors (Lipinski definition) is 4. The number of rotatable bonds is 6. The highest BCUT2D eigenvalue weighted by Gasteiger charge is 2.38. The predicted molar refractivity (Wildman–Crippen MR) is 95.5 cm³/mol. The van der Waals surface area contributed by atoms with Gasteiger partial charge in [0.15, 0.2) is 0 Å². The second-order valence-electron chi connectivity index (χ2n) is 6.66. The molecule has 2 heterocycles. The Balaban J connectivity index is 0.00000192. The molecular formula is C18H29ClN2O2. The van der Waals surface area contributed by atoms with Gasteiger partial charge in [0.25, 0.3) is 0 Å². The highest BCUT2D eigenvalue weighted by Crippen LogP contribution is 2.39. The van der Waals surface area contributed by atoms with Crippen molar-refractivity contribution in [1.29, 1.82) is 0 Å². The molecule has 0 bridgehead atoms. The summed E-state index contributed by atoms with van der Waals surface area (Å²) in [6, 6.07) is 8.41. The molecule has 2 aliphatic heterocycles. The molecule has 0 saturated carbocycles. The first-order chi connectivity index (χ1) is 10.8. The van der Waals surface area contributed by atoms with E-state index >= 15 is 0 Å². The minimum absolute atomic E-state index is 0. The third-order valence-electron chi connectivity index (χ3n) is 5.09. The van der Waals surface area contributed by atoms with Gasteiger partial charge in [-0.25, -0.2) is 0 Å². The number of likely N-dealkylation sites (tertiary alicyclic amines) is 1. The zero-order chi connectivity index (χ0) is 15.3. The lowest BCUT2D eigenvalue weighted by molar-refractivity contribution is 0.144. The van der Waals surface area contributed by atoms with E-state index in [9.17, 15) is 0 Å². The highest BCUT2D eigenvalue weighted by molar-refractivity contribution is 5.85. The highest BCUT2D eigenvalue weighted by atomic mass is 35.5. The quantitative estimate of drug-likeness (QED) is 0.807. The Bertz CT molecular complexity index is 478. The molecule has 1 N–H and O–H groups in total. The molecule has 0 aliphatic carbocycles. The van der Waals surface area contributed by atoms with Gasteiger partial charge in [-0.15, -0.1) is 12.4 Å². The van der Waals surface area contributed by atoms with Crippen LogP contribution >= 0.6 is 12.4 Å². The molecule has 23 heavy (non-hydrogen) atoms. The number of piperidine rings is 1. The minimum Gasteiger partial charge on any atom is -0.491 e. The topological polar surface area (TPSA) is 33.7 Å². The van der Waals surface area contributed by atoms with Crippen LogP contribution in [0.3, 0.4) is 0 Å². The average molecular weight is 341 g/mol. The molecule has 5 heteroatoms. The third-order valence-corrected chi connectivity index (χ3v) is 5.09. The first kappa shape index (κ1) is 18.5. The molecule has 1 aromatic carbocycles. The Labute approximate surface area is 145 Å². The third kappa shape index (κ3) is 4.83. The smallest absolute Gasteiger partial charge is 0.123 e. The standard InChI is InChI=1S/C18H28N2O2.ClH/c1-21-12-13-22-17-5-3-2-4-16(17)14-20-11-8-18(15-20)6-9-19-10-7-18;/h2-5,19H,6-15H2,1H3;1H. The zero-order valence-corrected chi connectivity index (χ0v) is 14.9. The molecule has 4 nitrogen and oxygen atoms in total. The lowest BCUT2D eigenvalue weighted by Crippen LogP contribution is -2.38. The van der Waals surface area contributed by atoms with Crippen molar-refractivity contribution in [2.45, 2.75) is 25.8 Å². The first-order valence-electron chi connectivity index (χ1n) is 8.44. The van der Waals surface area contributed by atoms with Crippen LogP contribution < -0.4 is 10.1 Å². The Hall–Kier alpha value is -0.810. The fraction of sp³-hybridized carbons (Fsp3) is 0.667. The van der Waals surface area contributed by atoms with Gasteiger partial charge >= 0.3 is 0 Å². The van der Waals surface area contributed by atoms with Gasteiger partial charge in [-0.05, 0) is 50.4 Å². The summed E-state index contributed by atoms with van der Waals surface area (Å²) >= 11 is 0. The van der Waals surface area contributed by atoms with E-state index < -0.39 is 0 Å². The molecule has 0 radical (unpaired) electrons. The maximum Gasteiger partial charge on any atom is 0.123 e. The van der Waals surface area contributed by atoms with Crippen LogP contribution in [0.15, 0.2) is 24.3 Å². The van der Waals surface area contributed by atoms with Crippen LogP contribution in [-0.4, -0.2) is 51.4 Å². The normalized spacial score (nSPS) is 20.4. The molecule has 2 aliphatic rings. The second kappa shape index (κ2) is 8.88. The van der Waals surface area contributed by atoms with E-state index in [1.807, 2.05) is 6.07 Å². The number of hydrogen-bond donors (Lipinski definition) is 1. The molecule has 2 fully saturated rings. The van der Waals surface area contributed by atoms with Gasteiger partial charge < -0.3 is 14.8 Å². The predicted octanol–water partition coefficient (Wildman–Crippen LogP) is 2.71. The van der Waals surface area contributed by atoms with Gasteiger partial charge in [0.05, 0.1) is 6.61 Å². The minimum atomic E-state index is 0. The Morgan fingerprint density at radius 2 is 1.91 bits per heavy atom. The molecule has 130 valence electrons. The van der Waals surface area contributed by atoms with Crippen LogP contribution in [0.25, 0.3) is 0 Å². The molecule has 0 amide bonds. The second-order valence-corrected chi connectivity index (χ2v) is 6.66. The van der Waals surface area contributed by atoms with Gasteiger partial charge in [0.1, 0.15) is 12.4 Å². The van der Waals surface area contributed by atoms with Crippen molar-refractivity contribution < 1.29 is 9.47 Å². The summed E-state index contributed by atoms with van der Waals surface area (Å²) in [5, 5.41) is 3.49. The van der Waals surface area contributed by atoms with Crippen molar-refractivity contribution in [2.75, 3.05) is 46.5 Å². The zero-order valence-electron chi connectivity index (χ0n) is 14.1. The lowest BCUT2D eigenvalue weighted by Gasteiger charge is -2.34. The molecule has 3 rings (SSSR count). The summed E-state index contributed by atoms with van der Waals surface area (Å²) < 4.78 is 10.9. The number of nitrogens with one attached hydrogen (secondary N) is 1. The maximum atomic E-state index is 5.86. The number of benzene rings is 1. The molecule has 0 atom stereocenters. The molecule has 2 saturated heterocycles. The van der Waals surface area contributed by atoms with E-state index in [0.29, 0.717) is 18.6 Å². The van der Waals surface area contributed by atoms with Crippen molar-refractivity contribution in [1.82, 2.24) is 10.2 Å². The van der Waals surface area contributed by atoms with Crippen LogP contribution in [0.1, 0.15) is 24.8 Å². The Kier molecular flexibility index (Phi) is 7.15. The van der Waals surface area contributed by atoms with Gasteiger partial charge in [-0.3, -0.25) is 4.90 Å². The molecule has 0 unspecified atom stereocenters. The summed E-state index contributed by atoms with van der Waals surface area (Å²) in [7, 11) is 1.71. The van der Waals surface area contributed by atoms with Crippen LogP contribution in [0.2, 0.25) is 0 Å². The average Bonchev–Trinajstić information content (AvgIpc) is 2.92. The fourth-order valence-corrected chi connectivity index (χ4v) is 3.78. The van der Waals surface area contributed by atoms with Crippen LogP contribution in [0, 0.1) is 5.41 Å². The van der Waals surface area contributed by atoms with Crippen LogP contribution in [0.4, 0.5) is 0 Å². The first-order valence-corrected chi connectivity index (χ1v) is 8.44. The lowest BCUT2D eigenvalue weighted by atomic mass is 9.78. The molecule has 1 aromatic rings. The maximum absolute atomic E-state index is 5.86. The van der Waals surface area contributed by atoms with Gasteiger partial charge in [-0.2, -0.15) is 0 Å². The molecule has 0 aromatic heterocycles. The van der Waals surface area contributed by atoms with Gasteiger partial charge in [-0.1, -0.05) is 18.2 Å². The van der Waals surface area contributed by atoms with Crippen molar-refractivity contribution in [3.05, 3.63) is 29.8 Å². The van der Waals surface area contributed by atoms with E-state index in [0.717, 1.165) is 12.3 Å². The molecular weight excluding hydrogens is 312 g/mol. The summed E-state index contributed by atoms with van der Waals surface area (Å²) in [4.78, 5) is 2.60. The van der Waals surface area contributed by atoms with E-state index in [4.69, 9.17) is 9.47 Å². The summed E-state index contributed by atoms with van der Waals surface area (Å²) in [5.74, 6) is 1.01. The van der Waals surface area contributed by atoms with Crippen molar-refractivity contribution in [3.8, 4) is 5.75 Å². The van der Waals surface area contributed by atoms with Crippen molar-refractivity contribution >= 4 is 12.4 Å². The SMILES string of the molecule is COCCOc1ccccc1CN1CCC2(CCNCC2)C1.Cl. The van der Waals surface area contributed by atoms with Gasteiger partial charge in [0.2, 0.25) is 0 Å². The van der Waals surface area contributed by atoms with Crippen LogP contribution in [-0.2, 0) is 11.3 Å². The van der Waals surface area contributed by atoms with E-state index in [1.54, 1.807) is 7.11 Å². The number of halogens is 1. The van der Waals surface area contributed by atoms with E-state index in [1.165, 1.54) is 51.0 Å². The van der Waals surface area contributed by atoms with Crippen LogP contribution in [0.5, 0.6) is 5.75 Å². The number of para-hydroxylation sites is 1. The monoisotopic (exact) mass is 340 g/mol. The summed E-state index contributed by atoms with van der Waals surface area (Å²) in [5.41, 5.74) is 1.86. The van der Waals surface area contributed by atoms with Crippen molar-refractivity contribution in [2.24, 2.45) is 5.41 Å². The van der Waals surface area contributed by atoms with Gasteiger partial charge in [0, 0.05) is 25.8 Å². The molecule has 1 spiro atoms.